The third-order valence-electron chi connectivity index (χ3n) is 1.77. The molecule has 0 heterocycles. The van der Waals surface area contributed by atoms with Crippen LogP contribution in [0.15, 0.2) is 12.1 Å². The van der Waals surface area contributed by atoms with Gasteiger partial charge in [0.25, 0.3) is 0 Å². The molecule has 1 aromatic carbocycles. The van der Waals surface area contributed by atoms with Crippen LogP contribution in [-0.4, -0.2) is 11.7 Å². The fourth-order valence-electron chi connectivity index (χ4n) is 1.08. The average Bonchev–Trinajstić information content (AvgIpc) is 2.13. The summed E-state index contributed by atoms with van der Waals surface area (Å²) in [6.45, 7) is 0. The summed E-state index contributed by atoms with van der Waals surface area (Å²) in [6.07, 6.45) is -4.53. The van der Waals surface area contributed by atoms with Gasteiger partial charge in [0.1, 0.15) is 0 Å². The highest BCUT2D eigenvalue weighted by molar-refractivity contribution is 14.1. The summed E-state index contributed by atoms with van der Waals surface area (Å²) in [5, 5.41) is -0.493. The van der Waals surface area contributed by atoms with E-state index in [0.717, 1.165) is 12.1 Å². The van der Waals surface area contributed by atoms with Crippen molar-refractivity contribution in [3.05, 3.63) is 31.9 Å². The normalized spacial score (nSPS) is 11.6. The summed E-state index contributed by atoms with van der Waals surface area (Å²) >= 11 is 12.3. The molecule has 1 nitrogen and oxygen atoms in total. The molecule has 0 unspecified atom stereocenters. The maximum Gasteiger partial charge on any atom is 0.418 e. The number of alkyl halides is 4. The molecule has 88 valence electrons. The van der Waals surface area contributed by atoms with Crippen LogP contribution in [0.4, 0.5) is 13.2 Å². The molecule has 0 amide bonds. The van der Waals surface area contributed by atoms with E-state index < -0.39 is 22.5 Å². The van der Waals surface area contributed by atoms with Gasteiger partial charge in [-0.15, -0.1) is 11.6 Å². The first-order valence-corrected chi connectivity index (χ1v) is 5.92. The smallest absolute Gasteiger partial charge is 0.293 e. The van der Waals surface area contributed by atoms with Gasteiger partial charge in [0, 0.05) is 9.13 Å². The van der Waals surface area contributed by atoms with E-state index in [4.69, 9.17) is 23.2 Å². The molecular weight excluding hydrogens is 379 g/mol. The molecule has 0 N–H and O–H groups in total. The van der Waals surface area contributed by atoms with E-state index in [1.54, 1.807) is 0 Å². The molecule has 0 aliphatic carbocycles. The molecule has 0 bridgehead atoms. The maximum absolute atomic E-state index is 12.5. The number of carbonyl (C=O) groups is 1. The van der Waals surface area contributed by atoms with Crippen LogP contribution in [0, 0.1) is 3.57 Å². The van der Waals surface area contributed by atoms with Gasteiger partial charge in [-0.2, -0.15) is 13.2 Å². The Morgan fingerprint density at radius 2 is 1.94 bits per heavy atom. The molecule has 1 aromatic rings. The highest BCUT2D eigenvalue weighted by Crippen LogP contribution is 2.38. The summed E-state index contributed by atoms with van der Waals surface area (Å²) in [6, 6.07) is 2.11. The minimum absolute atomic E-state index is 0.0809. The Morgan fingerprint density at radius 1 is 1.38 bits per heavy atom. The number of halogens is 6. The second-order valence-electron chi connectivity index (χ2n) is 2.87. The Kier molecular flexibility index (Phi) is 4.48. The Hall–Kier alpha value is -0.0100. The van der Waals surface area contributed by atoms with Crippen molar-refractivity contribution in [2.45, 2.75) is 6.18 Å². The largest absolute Gasteiger partial charge is 0.418 e. The highest BCUT2D eigenvalue weighted by Gasteiger charge is 2.36. The summed E-state index contributed by atoms with van der Waals surface area (Å²) in [5.41, 5.74) is -0.849. The van der Waals surface area contributed by atoms with Crippen LogP contribution in [0.2, 0.25) is 5.02 Å². The van der Waals surface area contributed by atoms with Crippen LogP contribution in [0.25, 0.3) is 0 Å². The molecule has 0 saturated carbocycles. The van der Waals surface area contributed by atoms with Crippen LogP contribution in [-0.2, 0) is 6.18 Å². The number of carbonyl (C=O) groups excluding carboxylic acids is 1. The van der Waals surface area contributed by atoms with Crippen molar-refractivity contribution in [3.8, 4) is 0 Å². The van der Waals surface area contributed by atoms with Gasteiger partial charge in [-0.3, -0.25) is 4.79 Å². The lowest BCUT2D eigenvalue weighted by atomic mass is 10.1. The number of ketones is 1. The third kappa shape index (κ3) is 3.01. The fourth-order valence-corrected chi connectivity index (χ4v) is 2.65. The van der Waals surface area contributed by atoms with Crippen LogP contribution >= 0.6 is 45.8 Å². The molecule has 0 aliphatic rings. The van der Waals surface area contributed by atoms with Gasteiger partial charge in [-0.05, 0) is 34.7 Å². The number of Topliss-reactive ketones (excluding diaryl/α,β-unsaturated/α-hetero) is 1. The predicted molar refractivity (Wildman–Crippen MR) is 64.2 cm³/mol. The lowest BCUT2D eigenvalue weighted by Crippen LogP contribution is -2.11. The van der Waals surface area contributed by atoms with Gasteiger partial charge >= 0.3 is 6.18 Å². The van der Waals surface area contributed by atoms with Crippen LogP contribution in [0.5, 0.6) is 0 Å². The Bertz CT molecular complexity index is 408. The van der Waals surface area contributed by atoms with Gasteiger partial charge in [0.05, 0.1) is 16.5 Å². The minimum atomic E-state index is -4.53. The highest BCUT2D eigenvalue weighted by atomic mass is 127. The van der Waals surface area contributed by atoms with Crippen molar-refractivity contribution >= 4 is 51.6 Å². The summed E-state index contributed by atoms with van der Waals surface area (Å²) in [4.78, 5) is 11.2. The van der Waals surface area contributed by atoms with Gasteiger partial charge in [-0.25, -0.2) is 0 Å². The Morgan fingerprint density at radius 3 is 2.31 bits per heavy atom. The molecular formula is C9H4Cl2F3IO. The third-order valence-corrected chi connectivity index (χ3v) is 3.16. The van der Waals surface area contributed by atoms with Crippen LogP contribution in [0.3, 0.4) is 0 Å². The van der Waals surface area contributed by atoms with Gasteiger partial charge in [0.2, 0.25) is 0 Å². The molecule has 0 radical (unpaired) electrons. The molecule has 0 fully saturated rings. The molecule has 0 aliphatic heterocycles. The van der Waals surface area contributed by atoms with Crippen molar-refractivity contribution in [2.24, 2.45) is 0 Å². The van der Waals surface area contributed by atoms with E-state index >= 15 is 0 Å². The first kappa shape index (κ1) is 14.1. The molecule has 7 heteroatoms. The zero-order chi connectivity index (χ0) is 12.5. The molecule has 0 spiro atoms. The summed E-state index contributed by atoms with van der Waals surface area (Å²) < 4.78 is 37.5. The molecule has 1 rings (SSSR count). The predicted octanol–water partition coefficient (Wildman–Crippen LogP) is 4.38. The first-order valence-electron chi connectivity index (χ1n) is 3.92. The number of rotatable bonds is 2. The van der Waals surface area contributed by atoms with E-state index in [9.17, 15) is 18.0 Å². The number of hydrogen-bond acceptors (Lipinski definition) is 1. The summed E-state index contributed by atoms with van der Waals surface area (Å²) in [7, 11) is 0. The zero-order valence-corrected chi connectivity index (χ0v) is 11.2. The van der Waals surface area contributed by atoms with Crippen molar-refractivity contribution in [3.63, 3.8) is 0 Å². The Balaban J connectivity index is 3.34. The molecule has 16 heavy (non-hydrogen) atoms. The first-order chi connectivity index (χ1) is 7.27. The quantitative estimate of drug-likeness (QED) is 0.421. The van der Waals surface area contributed by atoms with E-state index in [-0.39, 0.29) is 15.0 Å². The minimum Gasteiger partial charge on any atom is -0.293 e. The lowest BCUT2D eigenvalue weighted by Gasteiger charge is -2.12. The van der Waals surface area contributed by atoms with E-state index in [1.165, 1.54) is 22.6 Å². The molecule has 0 aromatic heterocycles. The second-order valence-corrected chi connectivity index (χ2v) is 4.71. The SMILES string of the molecule is O=C(CCl)c1cc(Cl)c(C(F)(F)F)c(I)c1. The monoisotopic (exact) mass is 382 g/mol. The zero-order valence-electron chi connectivity index (χ0n) is 7.54. The van der Waals surface area contributed by atoms with Crippen molar-refractivity contribution in [1.82, 2.24) is 0 Å². The van der Waals surface area contributed by atoms with Crippen LogP contribution in [0.1, 0.15) is 15.9 Å². The topological polar surface area (TPSA) is 17.1 Å². The average molecular weight is 383 g/mol. The van der Waals surface area contributed by atoms with E-state index in [1.807, 2.05) is 0 Å². The van der Waals surface area contributed by atoms with Crippen molar-refractivity contribution in [2.75, 3.05) is 5.88 Å². The lowest BCUT2D eigenvalue weighted by molar-refractivity contribution is -0.138. The standard InChI is InChI=1S/C9H4Cl2F3IO/c10-3-7(16)4-1-5(11)8(6(15)2-4)9(12,13)14/h1-2H,3H2. The number of hydrogen-bond donors (Lipinski definition) is 0. The van der Waals surface area contributed by atoms with Crippen molar-refractivity contribution in [1.29, 1.82) is 0 Å². The van der Waals surface area contributed by atoms with Gasteiger partial charge in [0.15, 0.2) is 5.78 Å². The molecule has 0 saturated heterocycles. The van der Waals surface area contributed by atoms with E-state index in [0.29, 0.717) is 0 Å². The summed E-state index contributed by atoms with van der Waals surface area (Å²) in [5.74, 6) is -0.757. The van der Waals surface area contributed by atoms with Gasteiger partial charge < -0.3 is 0 Å². The fraction of sp³-hybridized carbons (Fsp3) is 0.222. The van der Waals surface area contributed by atoms with Crippen LogP contribution < -0.4 is 0 Å². The van der Waals surface area contributed by atoms with Crippen molar-refractivity contribution < 1.29 is 18.0 Å². The maximum atomic E-state index is 12.5. The number of benzene rings is 1. The second kappa shape index (κ2) is 5.10. The Labute approximate surface area is 113 Å². The van der Waals surface area contributed by atoms with E-state index in [2.05, 4.69) is 0 Å². The van der Waals surface area contributed by atoms with Gasteiger partial charge in [-0.1, -0.05) is 11.6 Å². The molecule has 0 atom stereocenters.